The Morgan fingerprint density at radius 2 is 1.90 bits per heavy atom. The molecule has 0 fully saturated rings. The van der Waals surface area contributed by atoms with Crippen LogP contribution in [0, 0.1) is 12.3 Å². The Bertz CT molecular complexity index is 669. The number of aryl methyl sites for hydroxylation is 1. The standard InChI is InChI=1S/C16H19N3O/c1-11-15-13(18-20)9-16(2,3)10-14(15)19(17-11)12-7-5-4-6-8-12/h4-8,20H,9-10H2,1-3H3/b18-13-. The summed E-state index contributed by atoms with van der Waals surface area (Å²) < 4.78 is 1.98. The van der Waals surface area contributed by atoms with Gasteiger partial charge in [0, 0.05) is 5.56 Å². The molecule has 1 aromatic heterocycles. The second-order valence-electron chi connectivity index (χ2n) is 6.22. The van der Waals surface area contributed by atoms with Crippen LogP contribution in [0.3, 0.4) is 0 Å². The highest BCUT2D eigenvalue weighted by molar-refractivity contribution is 6.03. The van der Waals surface area contributed by atoms with Crippen LogP contribution in [0.25, 0.3) is 5.69 Å². The molecule has 0 bridgehead atoms. The summed E-state index contributed by atoms with van der Waals surface area (Å²) in [6.45, 7) is 6.36. The quantitative estimate of drug-likeness (QED) is 0.637. The normalized spacial score (nSPS) is 19.1. The Morgan fingerprint density at radius 1 is 1.20 bits per heavy atom. The molecule has 0 amide bonds. The first-order valence-electron chi connectivity index (χ1n) is 6.87. The van der Waals surface area contributed by atoms with E-state index in [4.69, 9.17) is 0 Å². The molecule has 104 valence electrons. The van der Waals surface area contributed by atoms with E-state index in [0.29, 0.717) is 0 Å². The van der Waals surface area contributed by atoms with Gasteiger partial charge in [0.2, 0.25) is 0 Å². The molecule has 0 atom stereocenters. The minimum absolute atomic E-state index is 0.0770. The van der Waals surface area contributed by atoms with Gasteiger partial charge in [-0.3, -0.25) is 0 Å². The lowest BCUT2D eigenvalue weighted by Gasteiger charge is -2.30. The van der Waals surface area contributed by atoms with Gasteiger partial charge in [0.15, 0.2) is 0 Å². The van der Waals surface area contributed by atoms with E-state index in [-0.39, 0.29) is 5.41 Å². The molecular weight excluding hydrogens is 250 g/mol. The van der Waals surface area contributed by atoms with E-state index >= 15 is 0 Å². The predicted octanol–water partition coefficient (Wildman–Crippen LogP) is 3.33. The van der Waals surface area contributed by atoms with Crippen LogP contribution in [0.15, 0.2) is 35.5 Å². The Morgan fingerprint density at radius 3 is 2.55 bits per heavy atom. The molecule has 0 spiro atoms. The maximum atomic E-state index is 9.33. The van der Waals surface area contributed by atoms with E-state index in [9.17, 15) is 5.21 Å². The van der Waals surface area contributed by atoms with Gasteiger partial charge in [-0.1, -0.05) is 37.2 Å². The number of rotatable bonds is 1. The molecule has 1 aliphatic rings. The van der Waals surface area contributed by atoms with Crippen molar-refractivity contribution in [1.82, 2.24) is 9.78 Å². The summed E-state index contributed by atoms with van der Waals surface area (Å²) >= 11 is 0. The number of hydrogen-bond donors (Lipinski definition) is 1. The van der Waals surface area contributed by atoms with Crippen molar-refractivity contribution in [1.29, 1.82) is 0 Å². The second kappa shape index (κ2) is 4.47. The van der Waals surface area contributed by atoms with E-state index in [1.54, 1.807) is 0 Å². The monoisotopic (exact) mass is 269 g/mol. The van der Waals surface area contributed by atoms with Gasteiger partial charge in [0.25, 0.3) is 0 Å². The Kier molecular flexibility index (Phi) is 2.89. The molecule has 1 aromatic carbocycles. The van der Waals surface area contributed by atoms with Gasteiger partial charge in [-0.15, -0.1) is 0 Å². The van der Waals surface area contributed by atoms with Gasteiger partial charge in [0.05, 0.1) is 22.8 Å². The van der Waals surface area contributed by atoms with Gasteiger partial charge < -0.3 is 5.21 Å². The molecule has 1 aliphatic carbocycles. The van der Waals surface area contributed by atoms with E-state index < -0.39 is 0 Å². The lowest BCUT2D eigenvalue weighted by molar-refractivity contribution is 0.305. The van der Waals surface area contributed by atoms with Gasteiger partial charge in [-0.25, -0.2) is 4.68 Å². The molecule has 1 heterocycles. The van der Waals surface area contributed by atoms with Crippen LogP contribution in [0.1, 0.15) is 37.2 Å². The summed E-state index contributed by atoms with van der Waals surface area (Å²) in [4.78, 5) is 0. The van der Waals surface area contributed by atoms with Gasteiger partial charge >= 0.3 is 0 Å². The second-order valence-corrected chi connectivity index (χ2v) is 6.22. The molecule has 4 heteroatoms. The third-order valence-electron chi connectivity index (χ3n) is 3.86. The highest BCUT2D eigenvalue weighted by atomic mass is 16.4. The highest BCUT2D eigenvalue weighted by Crippen LogP contribution is 2.37. The van der Waals surface area contributed by atoms with Crippen molar-refractivity contribution in [2.75, 3.05) is 0 Å². The highest BCUT2D eigenvalue weighted by Gasteiger charge is 2.34. The van der Waals surface area contributed by atoms with Crippen molar-refractivity contribution >= 4 is 5.71 Å². The Hall–Kier alpha value is -2.10. The fourth-order valence-corrected chi connectivity index (χ4v) is 3.04. The van der Waals surface area contributed by atoms with Crippen LogP contribution in [-0.2, 0) is 6.42 Å². The van der Waals surface area contributed by atoms with Crippen molar-refractivity contribution in [2.24, 2.45) is 10.6 Å². The fourth-order valence-electron chi connectivity index (χ4n) is 3.04. The number of benzene rings is 1. The van der Waals surface area contributed by atoms with Crippen molar-refractivity contribution < 1.29 is 5.21 Å². The molecular formula is C16H19N3O. The molecule has 2 aromatic rings. The summed E-state index contributed by atoms with van der Waals surface area (Å²) in [5, 5.41) is 17.5. The summed E-state index contributed by atoms with van der Waals surface area (Å²) in [6, 6.07) is 10.1. The minimum Gasteiger partial charge on any atom is -0.411 e. The van der Waals surface area contributed by atoms with Crippen molar-refractivity contribution in [3.63, 3.8) is 0 Å². The third-order valence-corrected chi connectivity index (χ3v) is 3.86. The number of para-hydroxylation sites is 1. The first-order valence-corrected chi connectivity index (χ1v) is 6.87. The SMILES string of the molecule is Cc1nn(-c2ccccc2)c2c1/C(=N\O)CC(C)(C)C2. The molecule has 3 rings (SSSR count). The lowest BCUT2D eigenvalue weighted by atomic mass is 9.75. The van der Waals surface area contributed by atoms with Crippen LogP contribution < -0.4 is 0 Å². The van der Waals surface area contributed by atoms with Crippen molar-refractivity contribution in [3.05, 3.63) is 47.3 Å². The summed E-state index contributed by atoms with van der Waals surface area (Å²) in [5.74, 6) is 0. The van der Waals surface area contributed by atoms with Crippen LogP contribution in [0.4, 0.5) is 0 Å². The zero-order valence-electron chi connectivity index (χ0n) is 12.1. The van der Waals surface area contributed by atoms with Crippen molar-refractivity contribution in [3.8, 4) is 5.69 Å². The average Bonchev–Trinajstić information content (AvgIpc) is 2.74. The van der Waals surface area contributed by atoms with Crippen LogP contribution in [-0.4, -0.2) is 20.7 Å². The Balaban J connectivity index is 2.22. The summed E-state index contributed by atoms with van der Waals surface area (Å²) in [6.07, 6.45) is 1.70. The van der Waals surface area contributed by atoms with E-state index in [2.05, 4.69) is 24.1 Å². The molecule has 0 unspecified atom stereocenters. The third kappa shape index (κ3) is 2.01. The van der Waals surface area contributed by atoms with E-state index in [1.165, 1.54) is 0 Å². The predicted molar refractivity (Wildman–Crippen MR) is 78.7 cm³/mol. The first kappa shape index (κ1) is 12.9. The maximum absolute atomic E-state index is 9.33. The molecule has 0 saturated heterocycles. The smallest absolute Gasteiger partial charge is 0.0910 e. The van der Waals surface area contributed by atoms with Gasteiger partial charge in [-0.2, -0.15) is 5.10 Å². The first-order chi connectivity index (χ1) is 9.52. The largest absolute Gasteiger partial charge is 0.411 e. The zero-order chi connectivity index (χ0) is 14.3. The number of oxime groups is 1. The van der Waals surface area contributed by atoms with Crippen molar-refractivity contribution in [2.45, 2.75) is 33.6 Å². The molecule has 0 saturated carbocycles. The van der Waals surface area contributed by atoms with Gasteiger partial charge in [0.1, 0.15) is 0 Å². The van der Waals surface area contributed by atoms with E-state index in [1.807, 2.05) is 41.9 Å². The molecule has 4 nitrogen and oxygen atoms in total. The minimum atomic E-state index is 0.0770. The topological polar surface area (TPSA) is 50.4 Å². The fraction of sp³-hybridized carbons (Fsp3) is 0.375. The molecule has 1 N–H and O–H groups in total. The molecule has 20 heavy (non-hydrogen) atoms. The lowest BCUT2D eigenvalue weighted by Crippen LogP contribution is -2.28. The van der Waals surface area contributed by atoms with E-state index in [0.717, 1.165) is 41.2 Å². The number of nitrogens with zero attached hydrogens (tertiary/aromatic N) is 3. The van der Waals surface area contributed by atoms with Crippen LogP contribution in [0.2, 0.25) is 0 Å². The molecule has 0 radical (unpaired) electrons. The summed E-state index contributed by atoms with van der Waals surface area (Å²) in [7, 11) is 0. The van der Waals surface area contributed by atoms with Crippen LogP contribution >= 0.6 is 0 Å². The number of aromatic nitrogens is 2. The molecule has 0 aliphatic heterocycles. The zero-order valence-corrected chi connectivity index (χ0v) is 12.1. The maximum Gasteiger partial charge on any atom is 0.0910 e. The Labute approximate surface area is 118 Å². The average molecular weight is 269 g/mol. The summed E-state index contributed by atoms with van der Waals surface area (Å²) in [5.41, 5.74) is 4.94. The van der Waals surface area contributed by atoms with Gasteiger partial charge in [-0.05, 0) is 37.3 Å². The van der Waals surface area contributed by atoms with Crippen LogP contribution in [0.5, 0.6) is 0 Å². The number of fused-ring (bicyclic) bond motifs is 1. The number of hydrogen-bond acceptors (Lipinski definition) is 3.